The van der Waals surface area contributed by atoms with Crippen molar-refractivity contribution < 1.29 is 14.4 Å². The number of amides is 1. The Morgan fingerprint density at radius 3 is 3.06 bits per heavy atom. The van der Waals surface area contributed by atoms with Gasteiger partial charge in [0.1, 0.15) is 11.4 Å². The van der Waals surface area contributed by atoms with Crippen molar-refractivity contribution in [3.8, 4) is 0 Å². The average Bonchev–Trinajstić information content (AvgIpc) is 2.97. The van der Waals surface area contributed by atoms with E-state index in [1.165, 1.54) is 23.7 Å². The number of nitrogens with zero attached hydrogens (tertiary/aromatic N) is 2. The zero-order chi connectivity index (χ0) is 13.1. The predicted molar refractivity (Wildman–Crippen MR) is 67.8 cm³/mol. The average molecular weight is 286 g/mol. The van der Waals surface area contributed by atoms with Gasteiger partial charge in [0, 0.05) is 5.38 Å². The zero-order valence-corrected chi connectivity index (χ0v) is 10.7. The number of furan rings is 1. The van der Waals surface area contributed by atoms with E-state index in [9.17, 15) is 4.79 Å². The number of aromatic nitrogens is 1. The largest absolute Gasteiger partial charge is 0.452 e. The maximum Gasteiger partial charge on any atom is 0.262 e. The number of nitrogens with one attached hydrogen (secondary N) is 1. The summed E-state index contributed by atoms with van der Waals surface area (Å²) in [6.07, 6.45) is 1.33. The van der Waals surface area contributed by atoms with E-state index in [1.807, 2.05) is 0 Å². The lowest BCUT2D eigenvalue weighted by molar-refractivity contribution is 0.102. The van der Waals surface area contributed by atoms with Crippen molar-refractivity contribution in [1.29, 1.82) is 0 Å². The van der Waals surface area contributed by atoms with E-state index in [0.717, 1.165) is 0 Å². The molecule has 2 heterocycles. The topological polar surface area (TPSA) is 87.7 Å². The fraction of sp³-hybridized carbons (Fsp3) is 0.100. The standard InChI is InChI=1S/C10H8ClN3O3S/c1-5(14-16)7-4-18-10(12-7)13-9(15)6-2-3-17-8(6)11/h2-4,16H,1H3,(H,12,13,15)/b14-5-. The first-order chi connectivity index (χ1) is 8.61. The van der Waals surface area contributed by atoms with Crippen LogP contribution in [0.5, 0.6) is 0 Å². The van der Waals surface area contributed by atoms with Gasteiger partial charge in [0.05, 0.1) is 11.8 Å². The Labute approximate surface area is 111 Å². The summed E-state index contributed by atoms with van der Waals surface area (Å²) in [5.74, 6) is -0.409. The second-order valence-corrected chi connectivity index (χ2v) is 4.49. The number of halogens is 1. The Morgan fingerprint density at radius 2 is 2.44 bits per heavy atom. The Morgan fingerprint density at radius 1 is 1.67 bits per heavy atom. The zero-order valence-electron chi connectivity index (χ0n) is 9.18. The minimum Gasteiger partial charge on any atom is -0.452 e. The van der Waals surface area contributed by atoms with Crippen molar-refractivity contribution >= 4 is 39.7 Å². The monoisotopic (exact) mass is 285 g/mol. The van der Waals surface area contributed by atoms with Crippen LogP contribution in [-0.2, 0) is 0 Å². The van der Waals surface area contributed by atoms with Gasteiger partial charge in [-0.25, -0.2) is 4.98 Å². The Bertz CT molecular complexity index is 605. The number of thiazole rings is 1. The Hall–Kier alpha value is -1.86. The van der Waals surface area contributed by atoms with Crippen LogP contribution >= 0.6 is 22.9 Å². The van der Waals surface area contributed by atoms with Gasteiger partial charge in [0.2, 0.25) is 5.22 Å². The first kappa shape index (κ1) is 12.6. The highest BCUT2D eigenvalue weighted by atomic mass is 35.5. The normalized spacial score (nSPS) is 11.6. The second-order valence-electron chi connectivity index (χ2n) is 3.29. The molecule has 6 nitrogen and oxygen atoms in total. The van der Waals surface area contributed by atoms with Crippen LogP contribution in [0.25, 0.3) is 0 Å². The number of rotatable bonds is 3. The molecule has 2 aromatic rings. The molecule has 0 aliphatic rings. The van der Waals surface area contributed by atoms with Crippen LogP contribution in [0.15, 0.2) is 27.3 Å². The summed E-state index contributed by atoms with van der Waals surface area (Å²) < 4.78 is 4.82. The maximum absolute atomic E-state index is 11.8. The van der Waals surface area contributed by atoms with E-state index in [1.54, 1.807) is 12.3 Å². The highest BCUT2D eigenvalue weighted by molar-refractivity contribution is 7.14. The second kappa shape index (κ2) is 5.19. The smallest absolute Gasteiger partial charge is 0.262 e. The van der Waals surface area contributed by atoms with E-state index in [-0.39, 0.29) is 10.8 Å². The third-order valence-corrected chi connectivity index (χ3v) is 3.16. The lowest BCUT2D eigenvalue weighted by Gasteiger charge is -1.98. The van der Waals surface area contributed by atoms with Crippen LogP contribution in [0.3, 0.4) is 0 Å². The molecule has 18 heavy (non-hydrogen) atoms. The molecule has 0 aromatic carbocycles. The molecule has 1 amide bonds. The van der Waals surface area contributed by atoms with Crippen molar-refractivity contribution in [1.82, 2.24) is 4.98 Å². The van der Waals surface area contributed by atoms with Crippen molar-refractivity contribution in [2.75, 3.05) is 5.32 Å². The number of carbonyl (C=O) groups excluding carboxylic acids is 1. The maximum atomic E-state index is 11.8. The van der Waals surface area contributed by atoms with Gasteiger partial charge in [0.25, 0.3) is 5.91 Å². The summed E-state index contributed by atoms with van der Waals surface area (Å²) in [6.45, 7) is 1.60. The molecule has 0 unspecified atom stereocenters. The van der Waals surface area contributed by atoms with Crippen molar-refractivity contribution in [3.05, 3.63) is 34.2 Å². The molecule has 2 rings (SSSR count). The summed E-state index contributed by atoms with van der Waals surface area (Å²) >= 11 is 6.90. The number of oxime groups is 1. The predicted octanol–water partition coefficient (Wildman–Crippen LogP) is 2.84. The molecule has 2 N–H and O–H groups in total. The molecule has 94 valence electrons. The summed E-state index contributed by atoms with van der Waals surface area (Å²) in [4.78, 5) is 15.9. The first-order valence-electron chi connectivity index (χ1n) is 4.80. The van der Waals surface area contributed by atoms with Gasteiger partial charge in [-0.2, -0.15) is 0 Å². The molecule has 0 aliphatic carbocycles. The Balaban J connectivity index is 2.13. The quantitative estimate of drug-likeness (QED) is 0.516. The van der Waals surface area contributed by atoms with E-state index in [4.69, 9.17) is 21.2 Å². The van der Waals surface area contributed by atoms with Gasteiger partial charge < -0.3 is 9.62 Å². The summed E-state index contributed by atoms with van der Waals surface area (Å²) in [7, 11) is 0. The van der Waals surface area contributed by atoms with Gasteiger partial charge in [-0.05, 0) is 24.6 Å². The van der Waals surface area contributed by atoms with E-state index >= 15 is 0 Å². The summed E-state index contributed by atoms with van der Waals surface area (Å²) in [5, 5.41) is 16.3. The van der Waals surface area contributed by atoms with E-state index < -0.39 is 5.91 Å². The molecule has 0 radical (unpaired) electrons. The fourth-order valence-corrected chi connectivity index (χ4v) is 2.12. The van der Waals surface area contributed by atoms with Crippen molar-refractivity contribution in [3.63, 3.8) is 0 Å². The van der Waals surface area contributed by atoms with Gasteiger partial charge in [-0.1, -0.05) is 5.16 Å². The first-order valence-corrected chi connectivity index (χ1v) is 6.06. The highest BCUT2D eigenvalue weighted by Gasteiger charge is 2.15. The molecule has 0 saturated carbocycles. The number of anilines is 1. The van der Waals surface area contributed by atoms with E-state index in [0.29, 0.717) is 16.5 Å². The molecule has 0 saturated heterocycles. The van der Waals surface area contributed by atoms with Gasteiger partial charge in [-0.15, -0.1) is 11.3 Å². The lowest BCUT2D eigenvalue weighted by Crippen LogP contribution is -2.11. The number of hydrogen-bond donors (Lipinski definition) is 2. The van der Waals surface area contributed by atoms with Crippen LogP contribution in [0.2, 0.25) is 5.22 Å². The van der Waals surface area contributed by atoms with Gasteiger partial charge in [0.15, 0.2) is 5.13 Å². The van der Waals surface area contributed by atoms with Crippen LogP contribution in [-0.4, -0.2) is 21.8 Å². The van der Waals surface area contributed by atoms with Crippen molar-refractivity contribution in [2.45, 2.75) is 6.92 Å². The number of carbonyl (C=O) groups is 1. The molecule has 8 heteroatoms. The summed E-state index contributed by atoms with van der Waals surface area (Å²) in [5.41, 5.74) is 1.10. The van der Waals surface area contributed by atoms with Crippen LogP contribution in [0, 0.1) is 0 Å². The molecule has 0 spiro atoms. The molecular weight excluding hydrogens is 278 g/mol. The number of hydrogen-bond acceptors (Lipinski definition) is 6. The summed E-state index contributed by atoms with van der Waals surface area (Å²) in [6, 6.07) is 1.46. The van der Waals surface area contributed by atoms with Crippen LogP contribution < -0.4 is 5.32 Å². The fourth-order valence-electron chi connectivity index (χ4n) is 1.17. The molecule has 0 aliphatic heterocycles. The molecule has 0 atom stereocenters. The molecule has 0 bridgehead atoms. The lowest BCUT2D eigenvalue weighted by atomic mass is 10.3. The van der Waals surface area contributed by atoms with Crippen LogP contribution in [0.1, 0.15) is 23.0 Å². The SMILES string of the molecule is C/C(=N/O)c1csc(NC(=O)c2ccoc2Cl)n1. The van der Waals surface area contributed by atoms with Gasteiger partial charge in [-0.3, -0.25) is 10.1 Å². The highest BCUT2D eigenvalue weighted by Crippen LogP contribution is 2.20. The molecular formula is C10H8ClN3O3S. The minimum atomic E-state index is -0.409. The van der Waals surface area contributed by atoms with Crippen LogP contribution in [0.4, 0.5) is 5.13 Å². The third-order valence-electron chi connectivity index (χ3n) is 2.11. The third kappa shape index (κ3) is 2.52. The van der Waals surface area contributed by atoms with E-state index in [2.05, 4.69) is 15.5 Å². The van der Waals surface area contributed by atoms with Crippen molar-refractivity contribution in [2.24, 2.45) is 5.16 Å². The van der Waals surface area contributed by atoms with Gasteiger partial charge >= 0.3 is 0 Å². The molecule has 2 aromatic heterocycles. The molecule has 0 fully saturated rings. The minimum absolute atomic E-state index is 0.0254. The Kier molecular flexibility index (Phi) is 3.63.